The second-order valence-electron chi connectivity index (χ2n) is 3.19. The van der Waals surface area contributed by atoms with Crippen molar-refractivity contribution in [2.45, 2.75) is 20.1 Å². The van der Waals surface area contributed by atoms with Crippen LogP contribution in [0.1, 0.15) is 18.7 Å². The van der Waals surface area contributed by atoms with Crippen LogP contribution in [-0.4, -0.2) is 27.9 Å². The lowest BCUT2D eigenvalue weighted by atomic mass is 10.3. The molecule has 0 aliphatic carbocycles. The minimum atomic E-state index is -0.462. The van der Waals surface area contributed by atoms with E-state index in [2.05, 4.69) is 4.98 Å². The van der Waals surface area contributed by atoms with E-state index in [0.29, 0.717) is 5.56 Å². The van der Waals surface area contributed by atoms with Crippen LogP contribution < -0.4 is 11.4 Å². The highest BCUT2D eigenvalue weighted by Gasteiger charge is 2.09. The molecule has 6 nitrogen and oxygen atoms in total. The van der Waals surface area contributed by atoms with Gasteiger partial charge < -0.3 is 15.6 Å². The summed E-state index contributed by atoms with van der Waals surface area (Å²) in [5.74, 6) is 0.227. The van der Waals surface area contributed by atoms with Gasteiger partial charge in [0.1, 0.15) is 12.0 Å². The first-order valence-corrected chi connectivity index (χ1v) is 4.64. The number of hydrogen-bond acceptors (Lipinski definition) is 5. The van der Waals surface area contributed by atoms with E-state index in [0.717, 1.165) is 0 Å². The molecular formula is C9H15N3O3. The van der Waals surface area contributed by atoms with Gasteiger partial charge in [0.05, 0.1) is 13.2 Å². The summed E-state index contributed by atoms with van der Waals surface area (Å²) in [5, 5.41) is 8.58. The van der Waals surface area contributed by atoms with E-state index in [4.69, 9.17) is 15.6 Å². The number of nitrogens with two attached hydrogens (primary N) is 1. The van der Waals surface area contributed by atoms with E-state index in [9.17, 15) is 4.79 Å². The molecule has 15 heavy (non-hydrogen) atoms. The van der Waals surface area contributed by atoms with E-state index in [-0.39, 0.29) is 19.0 Å². The second kappa shape index (κ2) is 4.90. The molecule has 0 bridgehead atoms. The fourth-order valence-electron chi connectivity index (χ4n) is 1.14. The van der Waals surface area contributed by atoms with Crippen LogP contribution in [0.5, 0.6) is 0 Å². The van der Waals surface area contributed by atoms with E-state index < -0.39 is 11.9 Å². The van der Waals surface area contributed by atoms with Crippen molar-refractivity contribution in [2.75, 3.05) is 18.9 Å². The fourth-order valence-corrected chi connectivity index (χ4v) is 1.14. The normalized spacial score (nSPS) is 12.7. The Morgan fingerprint density at radius 1 is 1.73 bits per heavy atom. The molecule has 1 heterocycles. The minimum absolute atomic E-state index is 0.0829. The first-order chi connectivity index (χ1) is 7.06. The summed E-state index contributed by atoms with van der Waals surface area (Å²) in [4.78, 5) is 15.1. The largest absolute Gasteiger partial charge is 0.394 e. The molecule has 1 atom stereocenters. The maximum Gasteiger partial charge on any atom is 0.351 e. The molecule has 1 aromatic rings. The van der Waals surface area contributed by atoms with Crippen molar-refractivity contribution in [1.29, 1.82) is 0 Å². The number of nitrogen functional groups attached to an aromatic ring is 1. The molecule has 0 saturated carbocycles. The van der Waals surface area contributed by atoms with Crippen molar-refractivity contribution in [3.63, 3.8) is 0 Å². The molecule has 0 fully saturated rings. The first kappa shape index (κ1) is 11.7. The molecule has 1 rings (SSSR count). The molecule has 0 spiro atoms. The Hall–Kier alpha value is -1.40. The van der Waals surface area contributed by atoms with Gasteiger partial charge in [0.15, 0.2) is 0 Å². The fraction of sp³-hybridized carbons (Fsp3) is 0.556. The van der Waals surface area contributed by atoms with Crippen LogP contribution in [-0.2, 0) is 4.74 Å². The number of aliphatic hydroxyl groups excluding tert-OH is 1. The Morgan fingerprint density at radius 2 is 2.40 bits per heavy atom. The van der Waals surface area contributed by atoms with Crippen LogP contribution >= 0.6 is 0 Å². The molecule has 6 heteroatoms. The summed E-state index contributed by atoms with van der Waals surface area (Å²) in [6.07, 6.45) is 1.13. The molecule has 84 valence electrons. The lowest BCUT2D eigenvalue weighted by Crippen LogP contribution is -2.28. The third-order valence-corrected chi connectivity index (χ3v) is 2.02. The van der Waals surface area contributed by atoms with Gasteiger partial charge in [0, 0.05) is 11.8 Å². The quantitative estimate of drug-likeness (QED) is 0.714. The maximum atomic E-state index is 11.4. The summed E-state index contributed by atoms with van der Waals surface area (Å²) < 4.78 is 6.52. The number of ether oxygens (including phenoxy) is 1. The standard InChI is InChI=1S/C9H15N3O3/c1-6-5-12(7(2)15-4-3-13)9(14)11-8(6)10/h5,7,13H,3-4H2,1-2H3,(H2,10,11,14)/t7-/m1/s1. The van der Waals surface area contributed by atoms with Crippen molar-refractivity contribution in [3.05, 3.63) is 22.2 Å². The summed E-state index contributed by atoms with van der Waals surface area (Å²) in [5.41, 5.74) is 5.75. The van der Waals surface area contributed by atoms with Gasteiger partial charge in [-0.25, -0.2) is 4.79 Å². The average molecular weight is 213 g/mol. The zero-order chi connectivity index (χ0) is 11.4. The van der Waals surface area contributed by atoms with Gasteiger partial charge in [0.2, 0.25) is 0 Å². The highest BCUT2D eigenvalue weighted by Crippen LogP contribution is 2.08. The Bertz CT molecular complexity index is 389. The van der Waals surface area contributed by atoms with Gasteiger partial charge in [-0.15, -0.1) is 0 Å². The predicted molar refractivity (Wildman–Crippen MR) is 55.4 cm³/mol. The molecule has 0 aliphatic heterocycles. The number of aromatic nitrogens is 2. The van der Waals surface area contributed by atoms with Gasteiger partial charge in [0.25, 0.3) is 0 Å². The van der Waals surface area contributed by atoms with Crippen molar-refractivity contribution < 1.29 is 9.84 Å². The van der Waals surface area contributed by atoms with Crippen LogP contribution in [0.25, 0.3) is 0 Å². The van der Waals surface area contributed by atoms with Gasteiger partial charge in [-0.2, -0.15) is 4.98 Å². The summed E-state index contributed by atoms with van der Waals surface area (Å²) in [6, 6.07) is 0. The lowest BCUT2D eigenvalue weighted by molar-refractivity contribution is -0.00567. The molecule has 0 amide bonds. The van der Waals surface area contributed by atoms with Crippen LogP contribution in [0.2, 0.25) is 0 Å². The summed E-state index contributed by atoms with van der Waals surface area (Å²) in [7, 11) is 0. The third kappa shape index (κ3) is 2.77. The van der Waals surface area contributed by atoms with Crippen molar-refractivity contribution in [2.24, 2.45) is 0 Å². The highest BCUT2D eigenvalue weighted by atomic mass is 16.5. The van der Waals surface area contributed by atoms with Crippen molar-refractivity contribution in [1.82, 2.24) is 9.55 Å². The zero-order valence-electron chi connectivity index (χ0n) is 8.80. The first-order valence-electron chi connectivity index (χ1n) is 4.64. The summed E-state index contributed by atoms with van der Waals surface area (Å²) in [6.45, 7) is 3.56. The number of nitrogens with zero attached hydrogens (tertiary/aromatic N) is 2. The van der Waals surface area contributed by atoms with E-state index in [1.165, 1.54) is 4.57 Å². The van der Waals surface area contributed by atoms with E-state index >= 15 is 0 Å². The smallest absolute Gasteiger partial charge is 0.351 e. The Balaban J connectivity index is 2.94. The topological polar surface area (TPSA) is 90.4 Å². The molecule has 0 radical (unpaired) electrons. The molecule has 3 N–H and O–H groups in total. The van der Waals surface area contributed by atoms with Gasteiger partial charge >= 0.3 is 5.69 Å². The van der Waals surface area contributed by atoms with Gasteiger partial charge in [-0.1, -0.05) is 0 Å². The molecule has 0 saturated heterocycles. The molecular weight excluding hydrogens is 198 g/mol. The molecule has 0 unspecified atom stereocenters. The van der Waals surface area contributed by atoms with Crippen LogP contribution in [0.3, 0.4) is 0 Å². The van der Waals surface area contributed by atoms with Gasteiger partial charge in [-0.3, -0.25) is 4.57 Å². The van der Waals surface area contributed by atoms with Crippen LogP contribution in [0, 0.1) is 6.92 Å². The molecule has 1 aromatic heterocycles. The molecule has 0 aliphatic rings. The monoisotopic (exact) mass is 213 g/mol. The maximum absolute atomic E-state index is 11.4. The van der Waals surface area contributed by atoms with Crippen molar-refractivity contribution in [3.8, 4) is 0 Å². The van der Waals surface area contributed by atoms with Crippen molar-refractivity contribution >= 4 is 5.82 Å². The SMILES string of the molecule is Cc1cn([C@@H](C)OCCO)c(=O)nc1N. The number of hydrogen-bond donors (Lipinski definition) is 2. The van der Waals surface area contributed by atoms with E-state index in [1.54, 1.807) is 20.0 Å². The Morgan fingerprint density at radius 3 is 3.00 bits per heavy atom. The Kier molecular flexibility index (Phi) is 3.81. The number of aryl methyl sites for hydroxylation is 1. The zero-order valence-corrected chi connectivity index (χ0v) is 8.80. The average Bonchev–Trinajstić information content (AvgIpc) is 2.20. The highest BCUT2D eigenvalue weighted by molar-refractivity contribution is 5.35. The predicted octanol–water partition coefficient (Wildman–Crippen LogP) is -0.339. The van der Waals surface area contributed by atoms with Gasteiger partial charge in [-0.05, 0) is 13.8 Å². The lowest BCUT2D eigenvalue weighted by Gasteiger charge is -2.15. The Labute approximate surface area is 87.3 Å². The summed E-state index contributed by atoms with van der Waals surface area (Å²) >= 11 is 0. The number of rotatable bonds is 4. The molecule has 0 aromatic carbocycles. The van der Waals surface area contributed by atoms with Crippen LogP contribution in [0.4, 0.5) is 5.82 Å². The van der Waals surface area contributed by atoms with Crippen LogP contribution in [0.15, 0.2) is 11.0 Å². The third-order valence-electron chi connectivity index (χ3n) is 2.02. The number of aliphatic hydroxyl groups is 1. The number of anilines is 1. The van der Waals surface area contributed by atoms with E-state index in [1.807, 2.05) is 0 Å². The second-order valence-corrected chi connectivity index (χ2v) is 3.19. The minimum Gasteiger partial charge on any atom is -0.394 e.